The predicted octanol–water partition coefficient (Wildman–Crippen LogP) is 0.798. The first-order chi connectivity index (χ1) is 4.63. The number of aliphatic hydroxyl groups is 2. The van der Waals surface area contributed by atoms with Crippen molar-refractivity contribution < 1.29 is 10.2 Å². The van der Waals surface area contributed by atoms with Crippen LogP contribution in [0.2, 0.25) is 0 Å². The van der Waals surface area contributed by atoms with Crippen LogP contribution in [0, 0.1) is 11.8 Å². The van der Waals surface area contributed by atoms with E-state index in [1.807, 2.05) is 13.8 Å². The van der Waals surface area contributed by atoms with Crippen LogP contribution < -0.4 is 0 Å². The van der Waals surface area contributed by atoms with Crippen LogP contribution in [0.25, 0.3) is 0 Å². The minimum Gasteiger partial charge on any atom is -0.396 e. The summed E-state index contributed by atoms with van der Waals surface area (Å²) in [5, 5.41) is 18.0. The highest BCUT2D eigenvalue weighted by atomic mass is 16.3. The summed E-state index contributed by atoms with van der Waals surface area (Å²) >= 11 is 0. The van der Waals surface area contributed by atoms with E-state index in [0.29, 0.717) is 0 Å². The molecule has 60 valence electrons. The third-order valence-electron chi connectivity index (χ3n) is 1.78. The highest BCUT2D eigenvalue weighted by molar-refractivity contribution is 4.83. The molecule has 2 N–H and O–H groups in total. The van der Waals surface area contributed by atoms with E-state index in [-0.39, 0.29) is 18.4 Å². The molecule has 10 heavy (non-hydrogen) atoms. The summed E-state index contributed by atoms with van der Waals surface area (Å²) in [6.07, 6.45) is 1.22. The summed E-state index contributed by atoms with van der Waals surface area (Å²) in [5.74, 6) is -0.00449. The summed E-state index contributed by atoms with van der Waals surface area (Å²) in [4.78, 5) is 0. The Morgan fingerprint density at radius 2 is 2.00 bits per heavy atom. The highest BCUT2D eigenvalue weighted by Crippen LogP contribution is 2.12. The monoisotopic (exact) mass is 144 g/mol. The minimum absolute atomic E-state index is 0.0271. The molecule has 0 aliphatic heterocycles. The van der Waals surface area contributed by atoms with Crippen molar-refractivity contribution in [2.75, 3.05) is 6.61 Å². The second-order valence-electron chi connectivity index (χ2n) is 2.75. The summed E-state index contributed by atoms with van der Waals surface area (Å²) in [7, 11) is 0. The topological polar surface area (TPSA) is 40.5 Å². The standard InChI is InChI=1S/C8H16O2/c1-4-6(2)8(10)7(3)5-9/h4,6-10H,1,5H2,2-3H3/t6-,7+,8+/m1/s1. The normalized spacial score (nSPS) is 19.6. The van der Waals surface area contributed by atoms with Gasteiger partial charge in [0.15, 0.2) is 0 Å². The van der Waals surface area contributed by atoms with E-state index in [1.165, 1.54) is 0 Å². The van der Waals surface area contributed by atoms with Crippen LogP contribution in [0.1, 0.15) is 13.8 Å². The molecule has 0 aliphatic rings. The van der Waals surface area contributed by atoms with Crippen LogP contribution in [-0.2, 0) is 0 Å². The van der Waals surface area contributed by atoms with Gasteiger partial charge in [-0.3, -0.25) is 0 Å². The van der Waals surface area contributed by atoms with Gasteiger partial charge in [0.05, 0.1) is 6.10 Å². The lowest BCUT2D eigenvalue weighted by molar-refractivity contribution is 0.0514. The van der Waals surface area contributed by atoms with Gasteiger partial charge in [-0.05, 0) is 0 Å². The van der Waals surface area contributed by atoms with Crippen LogP contribution in [0.15, 0.2) is 12.7 Å². The van der Waals surface area contributed by atoms with Crippen molar-refractivity contribution >= 4 is 0 Å². The van der Waals surface area contributed by atoms with Gasteiger partial charge in [0.1, 0.15) is 0 Å². The van der Waals surface area contributed by atoms with E-state index in [4.69, 9.17) is 5.11 Å². The Morgan fingerprint density at radius 3 is 2.30 bits per heavy atom. The highest BCUT2D eigenvalue weighted by Gasteiger charge is 2.17. The Balaban J connectivity index is 3.80. The van der Waals surface area contributed by atoms with Crippen molar-refractivity contribution in [3.63, 3.8) is 0 Å². The van der Waals surface area contributed by atoms with Gasteiger partial charge in [0, 0.05) is 18.4 Å². The molecule has 0 fully saturated rings. The molecule has 0 aromatic heterocycles. The maximum absolute atomic E-state index is 9.35. The van der Waals surface area contributed by atoms with Crippen molar-refractivity contribution in [3.05, 3.63) is 12.7 Å². The van der Waals surface area contributed by atoms with Crippen molar-refractivity contribution in [1.82, 2.24) is 0 Å². The second kappa shape index (κ2) is 4.47. The number of aliphatic hydroxyl groups excluding tert-OH is 2. The van der Waals surface area contributed by atoms with Gasteiger partial charge >= 0.3 is 0 Å². The zero-order chi connectivity index (χ0) is 8.15. The molecule has 0 spiro atoms. The van der Waals surface area contributed by atoms with E-state index < -0.39 is 6.10 Å². The first-order valence-corrected chi connectivity index (χ1v) is 3.55. The summed E-state index contributed by atoms with van der Waals surface area (Å²) in [6.45, 7) is 7.27. The van der Waals surface area contributed by atoms with Crippen molar-refractivity contribution in [3.8, 4) is 0 Å². The molecule has 0 aromatic rings. The fourth-order valence-electron chi connectivity index (χ4n) is 0.766. The molecule has 0 unspecified atom stereocenters. The Hall–Kier alpha value is -0.340. The van der Waals surface area contributed by atoms with Gasteiger partial charge in [-0.2, -0.15) is 0 Å². The van der Waals surface area contributed by atoms with Gasteiger partial charge in [0.2, 0.25) is 0 Å². The fourth-order valence-corrected chi connectivity index (χ4v) is 0.766. The lowest BCUT2D eigenvalue weighted by atomic mass is 9.94. The van der Waals surface area contributed by atoms with E-state index in [2.05, 4.69) is 6.58 Å². The zero-order valence-electron chi connectivity index (χ0n) is 6.62. The maximum Gasteiger partial charge on any atom is 0.0647 e. The molecule has 0 radical (unpaired) electrons. The van der Waals surface area contributed by atoms with Gasteiger partial charge in [-0.1, -0.05) is 19.9 Å². The molecule has 0 saturated carbocycles. The molecule has 2 heteroatoms. The average Bonchev–Trinajstić information content (AvgIpc) is 2.00. The third-order valence-corrected chi connectivity index (χ3v) is 1.78. The molecular weight excluding hydrogens is 128 g/mol. The van der Waals surface area contributed by atoms with Crippen LogP contribution in [0.3, 0.4) is 0 Å². The summed E-state index contributed by atoms with van der Waals surface area (Å²) < 4.78 is 0. The van der Waals surface area contributed by atoms with Crippen LogP contribution in [0.4, 0.5) is 0 Å². The Morgan fingerprint density at radius 1 is 1.50 bits per heavy atom. The quantitative estimate of drug-likeness (QED) is 0.573. The van der Waals surface area contributed by atoms with Gasteiger partial charge in [-0.15, -0.1) is 6.58 Å². The van der Waals surface area contributed by atoms with Gasteiger partial charge in [0.25, 0.3) is 0 Å². The zero-order valence-corrected chi connectivity index (χ0v) is 6.62. The largest absolute Gasteiger partial charge is 0.396 e. The fraction of sp³-hybridized carbons (Fsp3) is 0.750. The molecule has 0 rings (SSSR count). The Kier molecular flexibility index (Phi) is 4.32. The molecular formula is C8H16O2. The van der Waals surface area contributed by atoms with Crippen LogP contribution >= 0.6 is 0 Å². The van der Waals surface area contributed by atoms with E-state index in [0.717, 1.165) is 0 Å². The maximum atomic E-state index is 9.35. The predicted molar refractivity (Wildman–Crippen MR) is 41.6 cm³/mol. The first kappa shape index (κ1) is 9.66. The number of hydrogen-bond donors (Lipinski definition) is 2. The summed E-state index contributed by atoms with van der Waals surface area (Å²) in [6, 6.07) is 0. The number of rotatable bonds is 4. The van der Waals surface area contributed by atoms with Crippen LogP contribution in [-0.4, -0.2) is 22.9 Å². The van der Waals surface area contributed by atoms with Gasteiger partial charge < -0.3 is 10.2 Å². The first-order valence-electron chi connectivity index (χ1n) is 3.55. The lowest BCUT2D eigenvalue weighted by Crippen LogP contribution is -2.26. The molecule has 0 bridgehead atoms. The molecule has 3 atom stereocenters. The molecule has 0 heterocycles. The second-order valence-corrected chi connectivity index (χ2v) is 2.75. The Labute approximate surface area is 62.2 Å². The van der Waals surface area contributed by atoms with Crippen molar-refractivity contribution in [1.29, 1.82) is 0 Å². The lowest BCUT2D eigenvalue weighted by Gasteiger charge is -2.20. The number of hydrogen-bond acceptors (Lipinski definition) is 2. The molecule has 0 aliphatic carbocycles. The van der Waals surface area contributed by atoms with Crippen LogP contribution in [0.5, 0.6) is 0 Å². The SMILES string of the molecule is C=C[C@@H](C)[C@H](O)[C@@H](C)CO. The van der Waals surface area contributed by atoms with E-state index in [1.54, 1.807) is 6.08 Å². The summed E-state index contributed by atoms with van der Waals surface area (Å²) in [5.41, 5.74) is 0. The molecule has 0 amide bonds. The van der Waals surface area contributed by atoms with Gasteiger partial charge in [-0.25, -0.2) is 0 Å². The average molecular weight is 144 g/mol. The van der Waals surface area contributed by atoms with Crippen molar-refractivity contribution in [2.45, 2.75) is 20.0 Å². The van der Waals surface area contributed by atoms with E-state index >= 15 is 0 Å². The minimum atomic E-state index is -0.470. The molecule has 0 saturated heterocycles. The third kappa shape index (κ3) is 2.50. The molecule has 2 nitrogen and oxygen atoms in total. The smallest absolute Gasteiger partial charge is 0.0647 e. The van der Waals surface area contributed by atoms with E-state index in [9.17, 15) is 5.11 Å². The van der Waals surface area contributed by atoms with Crippen molar-refractivity contribution in [2.24, 2.45) is 11.8 Å². The molecule has 0 aromatic carbocycles. The Bertz CT molecular complexity index is 101.